The molecule has 1 heteroatoms. The van der Waals surface area contributed by atoms with E-state index in [4.69, 9.17) is 0 Å². The minimum atomic E-state index is 1.12. The minimum absolute atomic E-state index is 1.12. The molecule has 0 aliphatic rings. The van der Waals surface area contributed by atoms with Crippen LogP contribution in [0, 0.1) is 6.92 Å². The van der Waals surface area contributed by atoms with Crippen molar-refractivity contribution in [2.24, 2.45) is 0 Å². The molecule has 0 aliphatic carbocycles. The summed E-state index contributed by atoms with van der Waals surface area (Å²) in [7, 11) is 0. The van der Waals surface area contributed by atoms with Crippen LogP contribution < -0.4 is 0 Å². The average Bonchev–Trinajstić information content (AvgIpc) is 2.38. The normalized spacial score (nSPS) is 10.4. The molecule has 2 aromatic rings. The molecule has 0 bridgehead atoms. The van der Waals surface area contributed by atoms with Gasteiger partial charge in [0.2, 0.25) is 0 Å². The molecule has 2 rings (SSSR count). The van der Waals surface area contributed by atoms with E-state index in [-0.39, 0.29) is 0 Å². The summed E-state index contributed by atoms with van der Waals surface area (Å²) in [6, 6.07) is 19.5. The quantitative estimate of drug-likeness (QED) is 0.697. The third kappa shape index (κ3) is 4.27. The Kier molecular flexibility index (Phi) is 4.69. The van der Waals surface area contributed by atoms with Crippen LogP contribution in [0.15, 0.2) is 54.6 Å². The molecule has 0 radical (unpaired) electrons. The maximum absolute atomic E-state index is 2.23. The van der Waals surface area contributed by atoms with Gasteiger partial charge in [-0.2, -0.15) is 11.8 Å². The zero-order valence-electron chi connectivity index (χ0n) is 10.2. The van der Waals surface area contributed by atoms with Gasteiger partial charge in [-0.15, -0.1) is 0 Å². The van der Waals surface area contributed by atoms with Crippen molar-refractivity contribution in [3.8, 4) is 0 Å². The molecule has 17 heavy (non-hydrogen) atoms. The molecule has 0 unspecified atom stereocenters. The summed E-state index contributed by atoms with van der Waals surface area (Å²) in [5.74, 6) is 2.31. The molecule has 88 valence electrons. The number of hydrogen-bond donors (Lipinski definition) is 0. The predicted octanol–water partition coefficient (Wildman–Crippen LogP) is 4.47. The standard InChI is InChI=1S/C16H18S/c1-14-7-9-15(10-8-14)11-12-17-13-16-5-3-2-4-6-16/h2-10H,11-13H2,1H3. The number of hydrogen-bond acceptors (Lipinski definition) is 1. The van der Waals surface area contributed by atoms with E-state index in [1.807, 2.05) is 11.8 Å². The van der Waals surface area contributed by atoms with Crippen molar-refractivity contribution in [1.82, 2.24) is 0 Å². The van der Waals surface area contributed by atoms with E-state index in [9.17, 15) is 0 Å². The van der Waals surface area contributed by atoms with Crippen LogP contribution in [0.3, 0.4) is 0 Å². The Morgan fingerprint density at radius 1 is 0.824 bits per heavy atom. The van der Waals surface area contributed by atoms with Crippen LogP contribution >= 0.6 is 11.8 Å². The fraction of sp³-hybridized carbons (Fsp3) is 0.250. The highest BCUT2D eigenvalue weighted by atomic mass is 32.2. The van der Waals surface area contributed by atoms with Gasteiger partial charge in [-0.1, -0.05) is 60.2 Å². The molecule has 2 aromatic carbocycles. The smallest absolute Gasteiger partial charge is 0.0184 e. The lowest BCUT2D eigenvalue weighted by Crippen LogP contribution is -1.89. The zero-order chi connectivity index (χ0) is 11.9. The van der Waals surface area contributed by atoms with Gasteiger partial charge in [-0.3, -0.25) is 0 Å². The Balaban J connectivity index is 1.71. The van der Waals surface area contributed by atoms with E-state index in [1.165, 1.54) is 22.4 Å². The fourth-order valence-electron chi connectivity index (χ4n) is 1.71. The lowest BCUT2D eigenvalue weighted by atomic mass is 10.1. The lowest BCUT2D eigenvalue weighted by molar-refractivity contribution is 1.15. The Hall–Kier alpha value is -1.21. The highest BCUT2D eigenvalue weighted by molar-refractivity contribution is 7.98. The molecule has 0 saturated carbocycles. The van der Waals surface area contributed by atoms with Crippen LogP contribution in [-0.2, 0) is 12.2 Å². The van der Waals surface area contributed by atoms with Gasteiger partial charge in [0.05, 0.1) is 0 Å². The van der Waals surface area contributed by atoms with E-state index in [0.29, 0.717) is 0 Å². The summed E-state index contributed by atoms with van der Waals surface area (Å²) in [6.45, 7) is 2.13. The Morgan fingerprint density at radius 3 is 2.24 bits per heavy atom. The zero-order valence-corrected chi connectivity index (χ0v) is 11.0. The molecule has 0 heterocycles. The molecule has 0 N–H and O–H groups in total. The summed E-state index contributed by atoms with van der Waals surface area (Å²) < 4.78 is 0. The summed E-state index contributed by atoms with van der Waals surface area (Å²) in [4.78, 5) is 0. The number of aryl methyl sites for hydroxylation is 2. The molecule has 0 aromatic heterocycles. The van der Waals surface area contributed by atoms with Crippen molar-refractivity contribution < 1.29 is 0 Å². The van der Waals surface area contributed by atoms with Crippen LogP contribution in [0.4, 0.5) is 0 Å². The van der Waals surface area contributed by atoms with Gasteiger partial charge in [0.15, 0.2) is 0 Å². The Bertz CT molecular complexity index is 431. The molecule has 0 nitrogen and oxygen atoms in total. The first-order valence-corrected chi connectivity index (χ1v) is 7.17. The summed E-state index contributed by atoms with van der Waals surface area (Å²) >= 11 is 2.01. The molecule has 0 spiro atoms. The highest BCUT2D eigenvalue weighted by Gasteiger charge is 1.95. The first-order valence-electron chi connectivity index (χ1n) is 6.02. The molecular formula is C16H18S. The second kappa shape index (κ2) is 6.51. The number of benzene rings is 2. The third-order valence-corrected chi connectivity index (χ3v) is 3.80. The predicted molar refractivity (Wildman–Crippen MR) is 77.5 cm³/mol. The molecule has 0 atom stereocenters. The Morgan fingerprint density at radius 2 is 1.53 bits per heavy atom. The molecule has 0 fully saturated rings. The van der Waals surface area contributed by atoms with Gasteiger partial charge >= 0.3 is 0 Å². The molecule has 0 amide bonds. The lowest BCUT2D eigenvalue weighted by Gasteiger charge is -2.03. The van der Waals surface area contributed by atoms with Gasteiger partial charge in [-0.25, -0.2) is 0 Å². The largest absolute Gasteiger partial charge is 0.157 e. The van der Waals surface area contributed by atoms with Gasteiger partial charge < -0.3 is 0 Å². The third-order valence-electron chi connectivity index (χ3n) is 2.77. The van der Waals surface area contributed by atoms with Gasteiger partial charge in [0.25, 0.3) is 0 Å². The molecular weight excluding hydrogens is 224 g/mol. The SMILES string of the molecule is Cc1ccc(CCSCc2ccccc2)cc1. The minimum Gasteiger partial charge on any atom is -0.157 e. The maximum Gasteiger partial charge on any atom is 0.0184 e. The van der Waals surface area contributed by atoms with Crippen molar-refractivity contribution in [3.05, 3.63) is 71.3 Å². The van der Waals surface area contributed by atoms with Crippen molar-refractivity contribution in [1.29, 1.82) is 0 Å². The van der Waals surface area contributed by atoms with Crippen LogP contribution in [-0.4, -0.2) is 5.75 Å². The van der Waals surface area contributed by atoms with Crippen molar-refractivity contribution >= 4 is 11.8 Å². The van der Waals surface area contributed by atoms with Gasteiger partial charge in [-0.05, 0) is 30.2 Å². The maximum atomic E-state index is 2.23. The van der Waals surface area contributed by atoms with Crippen molar-refractivity contribution in [2.45, 2.75) is 19.1 Å². The number of rotatable bonds is 5. The van der Waals surface area contributed by atoms with E-state index in [2.05, 4.69) is 61.5 Å². The Labute approximate surface area is 108 Å². The monoisotopic (exact) mass is 242 g/mol. The van der Waals surface area contributed by atoms with E-state index >= 15 is 0 Å². The summed E-state index contributed by atoms with van der Waals surface area (Å²) in [5.41, 5.74) is 4.20. The van der Waals surface area contributed by atoms with Crippen molar-refractivity contribution in [3.63, 3.8) is 0 Å². The van der Waals surface area contributed by atoms with Crippen LogP contribution in [0.2, 0.25) is 0 Å². The van der Waals surface area contributed by atoms with Crippen LogP contribution in [0.25, 0.3) is 0 Å². The topological polar surface area (TPSA) is 0 Å². The average molecular weight is 242 g/mol. The van der Waals surface area contributed by atoms with Gasteiger partial charge in [0, 0.05) is 5.75 Å². The first kappa shape index (κ1) is 12.3. The fourth-order valence-corrected chi connectivity index (χ4v) is 2.66. The van der Waals surface area contributed by atoms with E-state index in [0.717, 1.165) is 12.2 Å². The van der Waals surface area contributed by atoms with E-state index < -0.39 is 0 Å². The summed E-state index contributed by atoms with van der Waals surface area (Å²) in [6.07, 6.45) is 1.16. The van der Waals surface area contributed by atoms with E-state index in [1.54, 1.807) is 0 Å². The highest BCUT2D eigenvalue weighted by Crippen LogP contribution is 2.14. The van der Waals surface area contributed by atoms with Crippen LogP contribution in [0.5, 0.6) is 0 Å². The first-order chi connectivity index (χ1) is 8.34. The second-order valence-corrected chi connectivity index (χ2v) is 5.38. The number of thioether (sulfide) groups is 1. The molecule has 0 aliphatic heterocycles. The molecule has 0 saturated heterocycles. The van der Waals surface area contributed by atoms with Gasteiger partial charge in [0.1, 0.15) is 0 Å². The summed E-state index contributed by atoms with van der Waals surface area (Å²) in [5, 5.41) is 0. The van der Waals surface area contributed by atoms with Crippen LogP contribution in [0.1, 0.15) is 16.7 Å². The van der Waals surface area contributed by atoms with Crippen molar-refractivity contribution in [2.75, 3.05) is 5.75 Å². The second-order valence-electron chi connectivity index (χ2n) is 4.27.